The van der Waals surface area contributed by atoms with E-state index in [1.54, 1.807) is 0 Å². The molecular weight excluding hydrogens is 450 g/mol. The standard InChI is InChI=1S/C30H37N3O3/c1-22-7-2-3-8-24(22)18-32-19-26-9-4-5-11-28(26)36-16-6-10-25-20-33(30(35)21-32)15-14-23(25)17-29(34)31-27-12-13-27/h2-11,23,25,27H,12-21H2,1H3,(H,31,34)/b10-6-/t23-,25-/m0/s1. The summed E-state index contributed by atoms with van der Waals surface area (Å²) in [5, 5.41) is 3.13. The Balaban J connectivity index is 1.36. The molecule has 2 amide bonds. The van der Waals surface area contributed by atoms with Crippen LogP contribution in [0.4, 0.5) is 0 Å². The highest BCUT2D eigenvalue weighted by atomic mass is 16.5. The highest BCUT2D eigenvalue weighted by Gasteiger charge is 2.33. The van der Waals surface area contributed by atoms with Gasteiger partial charge in [0.05, 0.1) is 6.54 Å². The van der Waals surface area contributed by atoms with E-state index >= 15 is 0 Å². The van der Waals surface area contributed by atoms with Gasteiger partial charge in [-0.2, -0.15) is 0 Å². The summed E-state index contributed by atoms with van der Waals surface area (Å²) in [6.45, 7) is 5.65. The Hall–Kier alpha value is -3.12. The number of ether oxygens (including phenoxy) is 1. The topological polar surface area (TPSA) is 61.9 Å². The van der Waals surface area contributed by atoms with Gasteiger partial charge in [-0.25, -0.2) is 0 Å². The molecule has 2 heterocycles. The third kappa shape index (κ3) is 6.35. The van der Waals surface area contributed by atoms with Crippen molar-refractivity contribution < 1.29 is 14.3 Å². The van der Waals surface area contributed by atoms with E-state index in [2.05, 4.69) is 59.6 Å². The fourth-order valence-corrected chi connectivity index (χ4v) is 5.35. The van der Waals surface area contributed by atoms with Crippen molar-refractivity contribution in [1.82, 2.24) is 15.1 Å². The smallest absolute Gasteiger partial charge is 0.236 e. The molecule has 2 atom stereocenters. The number of para-hydroxylation sites is 1. The van der Waals surface area contributed by atoms with Crippen molar-refractivity contribution in [3.63, 3.8) is 0 Å². The molecule has 2 aliphatic heterocycles. The zero-order valence-corrected chi connectivity index (χ0v) is 21.2. The van der Waals surface area contributed by atoms with E-state index in [1.165, 1.54) is 11.1 Å². The Morgan fingerprint density at radius 1 is 1.06 bits per heavy atom. The molecule has 0 unspecified atom stereocenters. The van der Waals surface area contributed by atoms with E-state index in [-0.39, 0.29) is 23.7 Å². The molecule has 5 rings (SSSR count). The van der Waals surface area contributed by atoms with Gasteiger partial charge in [0.15, 0.2) is 0 Å². The van der Waals surface area contributed by atoms with Crippen molar-refractivity contribution in [2.75, 3.05) is 26.2 Å². The SMILES string of the molecule is Cc1ccccc1CN1CC(=O)N2CC[C@@H](CC(=O)NC3CC3)[C@@H](/C=C\COc3ccccc3C1)C2. The van der Waals surface area contributed by atoms with E-state index in [4.69, 9.17) is 4.74 Å². The Kier molecular flexibility index (Phi) is 7.71. The van der Waals surface area contributed by atoms with Crippen molar-refractivity contribution >= 4 is 11.8 Å². The molecule has 190 valence electrons. The number of hydrogen-bond acceptors (Lipinski definition) is 4. The number of benzene rings is 2. The number of carbonyl (C=O) groups is 2. The molecule has 1 saturated heterocycles. The van der Waals surface area contributed by atoms with Gasteiger partial charge in [-0.15, -0.1) is 0 Å². The summed E-state index contributed by atoms with van der Waals surface area (Å²) in [6, 6.07) is 16.9. The number of piperidine rings is 1. The van der Waals surface area contributed by atoms with E-state index in [0.29, 0.717) is 51.8 Å². The van der Waals surface area contributed by atoms with Crippen LogP contribution in [0.1, 0.15) is 42.4 Å². The van der Waals surface area contributed by atoms with Gasteiger partial charge in [-0.05, 0) is 55.2 Å². The highest BCUT2D eigenvalue weighted by molar-refractivity contribution is 5.79. The largest absolute Gasteiger partial charge is 0.489 e. The Morgan fingerprint density at radius 3 is 2.69 bits per heavy atom. The molecule has 2 aromatic carbocycles. The average Bonchev–Trinajstić information content (AvgIpc) is 3.68. The molecule has 0 spiro atoms. The van der Waals surface area contributed by atoms with Crippen LogP contribution in [0.3, 0.4) is 0 Å². The zero-order chi connectivity index (χ0) is 24.9. The quantitative estimate of drug-likeness (QED) is 0.646. The minimum Gasteiger partial charge on any atom is -0.489 e. The van der Waals surface area contributed by atoms with Gasteiger partial charge in [0.1, 0.15) is 12.4 Å². The van der Waals surface area contributed by atoms with Crippen molar-refractivity contribution in [3.8, 4) is 5.75 Å². The normalized spacial score (nSPS) is 23.9. The Bertz CT molecular complexity index is 1110. The van der Waals surface area contributed by atoms with E-state index < -0.39 is 0 Å². The fraction of sp³-hybridized carbons (Fsp3) is 0.467. The van der Waals surface area contributed by atoms with Gasteiger partial charge in [0, 0.05) is 44.2 Å². The van der Waals surface area contributed by atoms with E-state index in [0.717, 1.165) is 30.6 Å². The first-order valence-electron chi connectivity index (χ1n) is 13.3. The summed E-state index contributed by atoms with van der Waals surface area (Å²) >= 11 is 0. The predicted molar refractivity (Wildman–Crippen MR) is 140 cm³/mol. The summed E-state index contributed by atoms with van der Waals surface area (Å²) in [6.07, 6.45) is 7.79. The number of carbonyl (C=O) groups excluding carboxylic acids is 2. The lowest BCUT2D eigenvalue weighted by molar-refractivity contribution is -0.135. The summed E-state index contributed by atoms with van der Waals surface area (Å²) < 4.78 is 6.17. The van der Waals surface area contributed by atoms with Gasteiger partial charge in [-0.1, -0.05) is 54.6 Å². The first-order chi connectivity index (χ1) is 17.5. The second-order valence-corrected chi connectivity index (χ2v) is 10.5. The molecule has 6 nitrogen and oxygen atoms in total. The molecule has 0 radical (unpaired) electrons. The van der Waals surface area contributed by atoms with Crippen LogP contribution in [-0.4, -0.2) is 53.9 Å². The van der Waals surface area contributed by atoms with Gasteiger partial charge < -0.3 is 15.0 Å². The number of fused-ring (bicyclic) bond motifs is 3. The van der Waals surface area contributed by atoms with E-state index in [9.17, 15) is 9.59 Å². The van der Waals surface area contributed by atoms with Crippen LogP contribution in [-0.2, 0) is 22.7 Å². The monoisotopic (exact) mass is 487 g/mol. The van der Waals surface area contributed by atoms with Gasteiger partial charge in [0.25, 0.3) is 0 Å². The van der Waals surface area contributed by atoms with Crippen LogP contribution >= 0.6 is 0 Å². The average molecular weight is 488 g/mol. The molecule has 0 aromatic heterocycles. The van der Waals surface area contributed by atoms with Crippen LogP contribution < -0.4 is 10.1 Å². The molecule has 2 aromatic rings. The third-order valence-corrected chi connectivity index (χ3v) is 7.65. The second-order valence-electron chi connectivity index (χ2n) is 10.5. The van der Waals surface area contributed by atoms with Crippen molar-refractivity contribution in [3.05, 3.63) is 77.4 Å². The molecule has 3 aliphatic rings. The minimum absolute atomic E-state index is 0.146. The maximum atomic E-state index is 13.6. The fourth-order valence-electron chi connectivity index (χ4n) is 5.35. The van der Waals surface area contributed by atoms with Crippen LogP contribution in [0.15, 0.2) is 60.7 Å². The molecule has 1 saturated carbocycles. The first-order valence-corrected chi connectivity index (χ1v) is 13.3. The van der Waals surface area contributed by atoms with Crippen LogP contribution in [0.2, 0.25) is 0 Å². The predicted octanol–water partition coefficient (Wildman–Crippen LogP) is 4.08. The molecule has 2 bridgehead atoms. The first kappa shape index (κ1) is 24.6. The second kappa shape index (κ2) is 11.3. The number of aryl methyl sites for hydroxylation is 1. The number of nitrogens with zero attached hydrogens (tertiary/aromatic N) is 2. The molecule has 1 N–H and O–H groups in total. The number of rotatable bonds is 5. The molecular formula is C30H37N3O3. The van der Waals surface area contributed by atoms with Gasteiger partial charge in [0.2, 0.25) is 11.8 Å². The lowest BCUT2D eigenvalue weighted by Crippen LogP contribution is -2.47. The van der Waals surface area contributed by atoms with E-state index in [1.807, 2.05) is 23.1 Å². The van der Waals surface area contributed by atoms with Crippen LogP contribution in [0.5, 0.6) is 5.75 Å². The van der Waals surface area contributed by atoms with Crippen LogP contribution in [0, 0.1) is 18.8 Å². The maximum Gasteiger partial charge on any atom is 0.236 e. The zero-order valence-electron chi connectivity index (χ0n) is 21.2. The van der Waals surface area contributed by atoms with Crippen molar-refractivity contribution in [2.45, 2.75) is 51.7 Å². The van der Waals surface area contributed by atoms with Crippen LogP contribution in [0.25, 0.3) is 0 Å². The summed E-state index contributed by atoms with van der Waals surface area (Å²) in [5.41, 5.74) is 3.54. The molecule has 6 heteroatoms. The lowest BCUT2D eigenvalue weighted by atomic mass is 9.82. The Labute approximate surface area is 214 Å². The highest BCUT2D eigenvalue weighted by Crippen LogP contribution is 2.30. The number of hydrogen-bond donors (Lipinski definition) is 1. The van der Waals surface area contributed by atoms with Gasteiger partial charge in [-0.3, -0.25) is 14.5 Å². The molecule has 1 aliphatic carbocycles. The minimum atomic E-state index is 0.146. The Morgan fingerprint density at radius 2 is 1.86 bits per heavy atom. The summed E-state index contributed by atoms with van der Waals surface area (Å²) in [4.78, 5) is 30.3. The maximum absolute atomic E-state index is 13.6. The molecule has 2 fully saturated rings. The lowest BCUT2D eigenvalue weighted by Gasteiger charge is -2.38. The summed E-state index contributed by atoms with van der Waals surface area (Å²) in [5.74, 6) is 1.54. The summed E-state index contributed by atoms with van der Waals surface area (Å²) in [7, 11) is 0. The number of nitrogens with one attached hydrogen (secondary N) is 1. The number of amides is 2. The van der Waals surface area contributed by atoms with Crippen molar-refractivity contribution in [1.29, 1.82) is 0 Å². The molecule has 36 heavy (non-hydrogen) atoms. The van der Waals surface area contributed by atoms with Crippen molar-refractivity contribution in [2.24, 2.45) is 11.8 Å². The van der Waals surface area contributed by atoms with Gasteiger partial charge >= 0.3 is 0 Å². The third-order valence-electron chi connectivity index (χ3n) is 7.65.